The number of halogens is 1. The summed E-state index contributed by atoms with van der Waals surface area (Å²) < 4.78 is 5.79. The standard InChI is InChI=1S/C19H17ClN2O2S2/c1-11(12-3-5-14(20)6-4-12)21-19(25)22-15-7-8-16-13(9-15)10-17(26-16)18(23)24-2/h3-11H,1-2H3,(H2,21,22,25)/t11-/m0/s1. The van der Waals surface area contributed by atoms with Crippen LogP contribution in [0.2, 0.25) is 5.02 Å². The summed E-state index contributed by atoms with van der Waals surface area (Å²) in [6, 6.07) is 15.4. The molecular formula is C19H17ClN2O2S2. The van der Waals surface area contributed by atoms with E-state index in [1.54, 1.807) is 0 Å². The first-order valence-corrected chi connectivity index (χ1v) is 9.51. The molecule has 0 radical (unpaired) electrons. The SMILES string of the molecule is COC(=O)c1cc2cc(NC(=S)N[C@@H](C)c3ccc(Cl)cc3)ccc2s1. The maximum atomic E-state index is 11.7. The molecule has 0 aliphatic heterocycles. The van der Waals surface area contributed by atoms with E-state index in [9.17, 15) is 4.79 Å². The third-order valence-corrected chi connectivity index (χ3v) is 5.45. The van der Waals surface area contributed by atoms with Crippen LogP contribution in [0.5, 0.6) is 0 Å². The Labute approximate surface area is 166 Å². The molecule has 0 amide bonds. The van der Waals surface area contributed by atoms with Gasteiger partial charge in [0.1, 0.15) is 4.88 Å². The number of thiophene rings is 1. The van der Waals surface area contributed by atoms with Crippen molar-refractivity contribution in [2.24, 2.45) is 0 Å². The van der Waals surface area contributed by atoms with E-state index >= 15 is 0 Å². The second-order valence-electron chi connectivity index (χ2n) is 5.73. The summed E-state index contributed by atoms with van der Waals surface area (Å²) in [5, 5.41) is 8.63. The Kier molecular flexibility index (Phi) is 5.76. The molecule has 0 saturated heterocycles. The van der Waals surface area contributed by atoms with Gasteiger partial charge in [-0.25, -0.2) is 4.79 Å². The maximum absolute atomic E-state index is 11.7. The van der Waals surface area contributed by atoms with Crippen molar-refractivity contribution in [2.75, 3.05) is 12.4 Å². The lowest BCUT2D eigenvalue weighted by Crippen LogP contribution is -2.30. The lowest BCUT2D eigenvalue weighted by Gasteiger charge is -2.17. The van der Waals surface area contributed by atoms with Crippen molar-refractivity contribution >= 4 is 62.0 Å². The first-order chi connectivity index (χ1) is 12.5. The molecule has 3 rings (SSSR count). The van der Waals surface area contributed by atoms with Crippen molar-refractivity contribution < 1.29 is 9.53 Å². The molecule has 26 heavy (non-hydrogen) atoms. The molecule has 0 aliphatic rings. The maximum Gasteiger partial charge on any atom is 0.348 e. The molecule has 2 aromatic carbocycles. The molecule has 7 heteroatoms. The summed E-state index contributed by atoms with van der Waals surface area (Å²) in [6.45, 7) is 2.03. The molecule has 0 bridgehead atoms. The molecule has 4 nitrogen and oxygen atoms in total. The number of anilines is 1. The van der Waals surface area contributed by atoms with Gasteiger partial charge < -0.3 is 15.4 Å². The van der Waals surface area contributed by atoms with Crippen LogP contribution in [0, 0.1) is 0 Å². The number of rotatable bonds is 4. The van der Waals surface area contributed by atoms with Crippen LogP contribution < -0.4 is 10.6 Å². The summed E-state index contributed by atoms with van der Waals surface area (Å²) in [6.07, 6.45) is 0. The van der Waals surface area contributed by atoms with E-state index in [-0.39, 0.29) is 12.0 Å². The van der Waals surface area contributed by atoms with E-state index in [1.807, 2.05) is 55.5 Å². The molecule has 0 fully saturated rings. The van der Waals surface area contributed by atoms with Crippen LogP contribution in [-0.4, -0.2) is 18.2 Å². The quantitative estimate of drug-likeness (QED) is 0.451. The van der Waals surface area contributed by atoms with Crippen molar-refractivity contribution in [3.63, 3.8) is 0 Å². The van der Waals surface area contributed by atoms with Crippen molar-refractivity contribution in [3.8, 4) is 0 Å². The highest BCUT2D eigenvalue weighted by Crippen LogP contribution is 2.28. The average molecular weight is 405 g/mol. The zero-order valence-corrected chi connectivity index (χ0v) is 16.6. The predicted molar refractivity (Wildman–Crippen MR) is 112 cm³/mol. The summed E-state index contributed by atoms with van der Waals surface area (Å²) in [5.41, 5.74) is 1.95. The van der Waals surface area contributed by atoms with Crippen molar-refractivity contribution in [2.45, 2.75) is 13.0 Å². The molecule has 1 aromatic heterocycles. The Bertz CT molecular complexity index is 954. The number of methoxy groups -OCH3 is 1. The second kappa shape index (κ2) is 8.03. The third kappa shape index (κ3) is 4.33. The van der Waals surface area contributed by atoms with E-state index in [1.165, 1.54) is 18.4 Å². The fourth-order valence-electron chi connectivity index (χ4n) is 2.52. The first kappa shape index (κ1) is 18.6. The minimum atomic E-state index is -0.324. The molecule has 1 atom stereocenters. The van der Waals surface area contributed by atoms with Crippen LogP contribution in [0.15, 0.2) is 48.5 Å². The summed E-state index contributed by atoms with van der Waals surface area (Å²) >= 11 is 12.7. The summed E-state index contributed by atoms with van der Waals surface area (Å²) in [4.78, 5) is 12.2. The first-order valence-electron chi connectivity index (χ1n) is 7.91. The Balaban J connectivity index is 1.68. The van der Waals surface area contributed by atoms with Crippen molar-refractivity contribution in [3.05, 3.63) is 64.0 Å². The van der Waals surface area contributed by atoms with Crippen molar-refractivity contribution in [1.29, 1.82) is 0 Å². The molecule has 2 N–H and O–H groups in total. The number of thiocarbonyl (C=S) groups is 1. The molecule has 3 aromatic rings. The Morgan fingerprint density at radius 1 is 1.19 bits per heavy atom. The highest BCUT2D eigenvalue weighted by Gasteiger charge is 2.11. The van der Waals surface area contributed by atoms with E-state index in [0.29, 0.717) is 15.0 Å². The van der Waals surface area contributed by atoms with Crippen LogP contribution in [-0.2, 0) is 4.74 Å². The topological polar surface area (TPSA) is 50.4 Å². The lowest BCUT2D eigenvalue weighted by molar-refractivity contribution is 0.0606. The van der Waals surface area contributed by atoms with Gasteiger partial charge in [0.25, 0.3) is 0 Å². The number of carbonyl (C=O) groups is 1. The van der Waals surface area contributed by atoms with Gasteiger partial charge in [-0.15, -0.1) is 11.3 Å². The number of fused-ring (bicyclic) bond motifs is 1. The summed E-state index contributed by atoms with van der Waals surface area (Å²) in [7, 11) is 1.38. The number of esters is 1. The Hall–Kier alpha value is -2.15. The predicted octanol–water partition coefficient (Wildman–Crippen LogP) is 5.39. The van der Waals surface area contributed by atoms with Gasteiger partial charge in [0.05, 0.1) is 13.2 Å². The minimum Gasteiger partial charge on any atom is -0.465 e. The van der Waals surface area contributed by atoms with Crippen LogP contribution in [0.25, 0.3) is 10.1 Å². The number of nitrogens with one attached hydrogen (secondary N) is 2. The molecule has 0 spiro atoms. The molecule has 1 heterocycles. The Morgan fingerprint density at radius 3 is 2.62 bits per heavy atom. The largest absolute Gasteiger partial charge is 0.465 e. The molecular weight excluding hydrogens is 388 g/mol. The van der Waals surface area contributed by atoms with Gasteiger partial charge in [-0.2, -0.15) is 0 Å². The number of benzene rings is 2. The molecule has 0 saturated carbocycles. The van der Waals surface area contributed by atoms with Crippen LogP contribution in [0.3, 0.4) is 0 Å². The average Bonchev–Trinajstić information content (AvgIpc) is 3.04. The second-order valence-corrected chi connectivity index (χ2v) is 7.65. The monoisotopic (exact) mass is 404 g/mol. The number of hydrogen-bond acceptors (Lipinski definition) is 4. The Morgan fingerprint density at radius 2 is 1.92 bits per heavy atom. The fraction of sp³-hybridized carbons (Fsp3) is 0.158. The smallest absolute Gasteiger partial charge is 0.348 e. The van der Waals surface area contributed by atoms with E-state index in [2.05, 4.69) is 10.6 Å². The van der Waals surface area contributed by atoms with Gasteiger partial charge in [-0.3, -0.25) is 0 Å². The van der Waals surface area contributed by atoms with Gasteiger partial charge in [0.15, 0.2) is 5.11 Å². The number of hydrogen-bond donors (Lipinski definition) is 2. The number of ether oxygens (including phenoxy) is 1. The fourth-order valence-corrected chi connectivity index (χ4v) is 3.90. The summed E-state index contributed by atoms with van der Waals surface area (Å²) in [5.74, 6) is -0.324. The van der Waals surface area contributed by atoms with Gasteiger partial charge in [-0.1, -0.05) is 23.7 Å². The molecule has 0 aliphatic carbocycles. The van der Waals surface area contributed by atoms with Gasteiger partial charge >= 0.3 is 5.97 Å². The number of carbonyl (C=O) groups excluding carboxylic acids is 1. The molecule has 0 unspecified atom stereocenters. The zero-order valence-electron chi connectivity index (χ0n) is 14.2. The highest BCUT2D eigenvalue weighted by atomic mass is 35.5. The van der Waals surface area contributed by atoms with Crippen LogP contribution >= 0.6 is 35.2 Å². The van der Waals surface area contributed by atoms with Crippen LogP contribution in [0.1, 0.15) is 28.2 Å². The lowest BCUT2D eigenvalue weighted by atomic mass is 10.1. The molecule has 134 valence electrons. The van der Waals surface area contributed by atoms with E-state index in [4.69, 9.17) is 28.6 Å². The highest BCUT2D eigenvalue weighted by molar-refractivity contribution is 7.80. The van der Waals surface area contributed by atoms with Gasteiger partial charge in [-0.05, 0) is 66.5 Å². The normalized spacial score (nSPS) is 11.8. The van der Waals surface area contributed by atoms with E-state index in [0.717, 1.165) is 21.3 Å². The minimum absolute atomic E-state index is 0.0445. The van der Waals surface area contributed by atoms with E-state index < -0.39 is 0 Å². The van der Waals surface area contributed by atoms with Gasteiger partial charge in [0, 0.05) is 15.4 Å². The third-order valence-electron chi connectivity index (χ3n) is 3.88. The van der Waals surface area contributed by atoms with Gasteiger partial charge in [0.2, 0.25) is 0 Å². The zero-order chi connectivity index (χ0) is 18.7. The van der Waals surface area contributed by atoms with Crippen LogP contribution in [0.4, 0.5) is 5.69 Å². The van der Waals surface area contributed by atoms with Crippen molar-refractivity contribution in [1.82, 2.24) is 5.32 Å².